The Balaban J connectivity index is 1.61. The van der Waals surface area contributed by atoms with Crippen LogP contribution in [0.4, 0.5) is 5.95 Å². The minimum Gasteiger partial charge on any atom is -0.352 e. The highest BCUT2D eigenvalue weighted by molar-refractivity contribution is 5.83. The minimum absolute atomic E-state index is 0.290. The van der Waals surface area contributed by atoms with Crippen molar-refractivity contribution in [2.45, 2.75) is 32.0 Å². The quantitative estimate of drug-likeness (QED) is 0.716. The van der Waals surface area contributed by atoms with Gasteiger partial charge >= 0.3 is 0 Å². The van der Waals surface area contributed by atoms with Gasteiger partial charge in [-0.25, -0.2) is 19.5 Å². The second-order valence-corrected chi connectivity index (χ2v) is 6.49. The molecule has 0 amide bonds. The summed E-state index contributed by atoms with van der Waals surface area (Å²) >= 11 is 0. The van der Waals surface area contributed by atoms with Gasteiger partial charge in [0.2, 0.25) is 5.95 Å². The normalized spacial score (nSPS) is 21.4. The first-order valence-corrected chi connectivity index (χ1v) is 8.11. The van der Waals surface area contributed by atoms with Gasteiger partial charge < -0.3 is 5.32 Å². The fourth-order valence-corrected chi connectivity index (χ4v) is 3.17. The van der Waals surface area contributed by atoms with Crippen LogP contribution in [0.2, 0.25) is 0 Å². The summed E-state index contributed by atoms with van der Waals surface area (Å²) in [6.07, 6.45) is 7.80. The van der Waals surface area contributed by atoms with E-state index in [9.17, 15) is 0 Å². The highest BCUT2D eigenvalue weighted by atomic mass is 15.2. The molecule has 2 N–H and O–H groups in total. The molecule has 1 fully saturated rings. The van der Waals surface area contributed by atoms with E-state index in [4.69, 9.17) is 9.97 Å². The van der Waals surface area contributed by atoms with Crippen LogP contribution in [0.25, 0.3) is 11.2 Å². The number of hydrogen-bond acceptors (Lipinski definition) is 6. The van der Waals surface area contributed by atoms with Crippen molar-refractivity contribution in [3.8, 4) is 0 Å². The summed E-state index contributed by atoms with van der Waals surface area (Å²) in [4.78, 5) is 13.9. The molecular weight excluding hydrogens is 302 g/mol. The molecule has 7 heteroatoms. The summed E-state index contributed by atoms with van der Waals surface area (Å²) in [5.74, 6) is 0.677. The van der Waals surface area contributed by atoms with E-state index in [0.29, 0.717) is 18.0 Å². The van der Waals surface area contributed by atoms with Crippen molar-refractivity contribution in [1.29, 1.82) is 0 Å². The third-order valence-corrected chi connectivity index (χ3v) is 4.32. The standard InChI is InChI=1S/C17H17N7/c1-9(2)20-17-18-8-11-10(7-13-16(22-13)15(11)23-17)12-4-6-24-14(21-12)3-5-19-24/h3-9,13,16,22H,1-2H3,(H,18,20,23)/t13-,16?/m0/s1. The van der Waals surface area contributed by atoms with Crippen molar-refractivity contribution in [2.75, 3.05) is 5.32 Å². The predicted molar refractivity (Wildman–Crippen MR) is 90.5 cm³/mol. The van der Waals surface area contributed by atoms with E-state index in [1.807, 2.05) is 24.5 Å². The first-order valence-electron chi connectivity index (χ1n) is 8.11. The predicted octanol–water partition coefficient (Wildman–Crippen LogP) is 1.80. The van der Waals surface area contributed by atoms with E-state index in [2.05, 4.69) is 40.6 Å². The Morgan fingerprint density at radius 1 is 1.25 bits per heavy atom. The van der Waals surface area contributed by atoms with Gasteiger partial charge in [-0.2, -0.15) is 5.10 Å². The number of rotatable bonds is 3. The molecule has 24 heavy (non-hydrogen) atoms. The number of nitrogens with zero attached hydrogens (tertiary/aromatic N) is 5. The van der Waals surface area contributed by atoms with Gasteiger partial charge in [-0.1, -0.05) is 6.08 Å². The van der Waals surface area contributed by atoms with Gasteiger partial charge in [-0.15, -0.1) is 0 Å². The van der Waals surface area contributed by atoms with Crippen molar-refractivity contribution in [3.05, 3.63) is 53.8 Å². The summed E-state index contributed by atoms with van der Waals surface area (Å²) in [6.45, 7) is 4.16. The van der Waals surface area contributed by atoms with Crippen molar-refractivity contribution < 1.29 is 0 Å². The van der Waals surface area contributed by atoms with Crippen molar-refractivity contribution in [1.82, 2.24) is 29.9 Å². The third-order valence-electron chi connectivity index (χ3n) is 4.32. The summed E-state index contributed by atoms with van der Waals surface area (Å²) in [5, 5.41) is 10.9. The first kappa shape index (κ1) is 13.6. The van der Waals surface area contributed by atoms with Gasteiger partial charge in [0, 0.05) is 41.7 Å². The van der Waals surface area contributed by atoms with Crippen LogP contribution in [-0.4, -0.2) is 36.6 Å². The van der Waals surface area contributed by atoms with Crippen molar-refractivity contribution in [2.24, 2.45) is 0 Å². The smallest absolute Gasteiger partial charge is 0.223 e. The van der Waals surface area contributed by atoms with E-state index in [1.165, 1.54) is 0 Å². The lowest BCUT2D eigenvalue weighted by Crippen LogP contribution is -2.15. The van der Waals surface area contributed by atoms with Gasteiger partial charge in [0.15, 0.2) is 5.65 Å². The second-order valence-electron chi connectivity index (χ2n) is 6.49. The largest absolute Gasteiger partial charge is 0.352 e. The van der Waals surface area contributed by atoms with E-state index < -0.39 is 0 Å². The SMILES string of the molecule is CC(C)Nc1ncc2c(n1)C1N[C@H]1C=C2c1ccn2nccc2n1. The monoisotopic (exact) mass is 319 g/mol. The summed E-state index contributed by atoms with van der Waals surface area (Å²) in [7, 11) is 0. The molecule has 3 aromatic heterocycles. The number of anilines is 1. The topological polar surface area (TPSA) is 89.9 Å². The van der Waals surface area contributed by atoms with Crippen LogP contribution >= 0.6 is 0 Å². The van der Waals surface area contributed by atoms with Crippen LogP contribution in [0.15, 0.2) is 36.8 Å². The fraction of sp³-hybridized carbons (Fsp3) is 0.294. The van der Waals surface area contributed by atoms with Crippen molar-refractivity contribution >= 4 is 17.2 Å². The molecule has 5 rings (SSSR count). The molecule has 4 heterocycles. The molecule has 0 aromatic carbocycles. The summed E-state index contributed by atoms with van der Waals surface area (Å²) in [6, 6.07) is 4.81. The highest BCUT2D eigenvalue weighted by Gasteiger charge is 2.43. The van der Waals surface area contributed by atoms with E-state index >= 15 is 0 Å². The zero-order valence-corrected chi connectivity index (χ0v) is 13.4. The van der Waals surface area contributed by atoms with Crippen LogP contribution in [0.5, 0.6) is 0 Å². The zero-order chi connectivity index (χ0) is 16.3. The molecule has 1 unspecified atom stereocenters. The van der Waals surface area contributed by atoms with Crippen LogP contribution < -0.4 is 10.6 Å². The van der Waals surface area contributed by atoms with Crippen LogP contribution in [0.1, 0.15) is 36.8 Å². The highest BCUT2D eigenvalue weighted by Crippen LogP contribution is 2.42. The zero-order valence-electron chi connectivity index (χ0n) is 13.4. The third kappa shape index (κ3) is 2.09. The molecular formula is C17H17N7. The lowest BCUT2D eigenvalue weighted by atomic mass is 9.94. The lowest BCUT2D eigenvalue weighted by molar-refractivity contribution is 0.855. The Morgan fingerprint density at radius 3 is 3.04 bits per heavy atom. The summed E-state index contributed by atoms with van der Waals surface area (Å²) in [5.41, 5.74) is 4.93. The van der Waals surface area contributed by atoms with Gasteiger partial charge in [0.1, 0.15) is 0 Å². The Kier molecular flexibility index (Phi) is 2.75. The van der Waals surface area contributed by atoms with E-state index in [1.54, 1.807) is 10.7 Å². The molecule has 1 aliphatic heterocycles. The average Bonchev–Trinajstić information content (AvgIpc) is 3.21. The lowest BCUT2D eigenvalue weighted by Gasteiger charge is -2.17. The maximum Gasteiger partial charge on any atom is 0.223 e. The molecule has 0 radical (unpaired) electrons. The van der Waals surface area contributed by atoms with Crippen LogP contribution in [-0.2, 0) is 0 Å². The number of hydrogen-bond donors (Lipinski definition) is 2. The number of fused-ring (bicyclic) bond motifs is 4. The van der Waals surface area contributed by atoms with Gasteiger partial charge in [-0.05, 0) is 19.9 Å². The average molecular weight is 319 g/mol. The fourth-order valence-electron chi connectivity index (χ4n) is 3.17. The molecule has 2 aliphatic rings. The molecule has 1 saturated heterocycles. The van der Waals surface area contributed by atoms with E-state index in [0.717, 1.165) is 28.2 Å². The second kappa shape index (κ2) is 4.85. The van der Waals surface area contributed by atoms with Gasteiger partial charge in [0.05, 0.1) is 23.6 Å². The van der Waals surface area contributed by atoms with Gasteiger partial charge in [-0.3, -0.25) is 5.32 Å². The molecule has 3 aromatic rings. The number of aromatic nitrogens is 5. The van der Waals surface area contributed by atoms with E-state index in [-0.39, 0.29) is 6.04 Å². The maximum atomic E-state index is 4.73. The molecule has 1 aliphatic carbocycles. The Bertz CT molecular complexity index is 972. The molecule has 2 atom stereocenters. The Labute approximate surface area is 138 Å². The Morgan fingerprint density at radius 2 is 2.17 bits per heavy atom. The summed E-state index contributed by atoms with van der Waals surface area (Å²) < 4.78 is 1.76. The van der Waals surface area contributed by atoms with Crippen molar-refractivity contribution in [3.63, 3.8) is 0 Å². The Hall–Kier alpha value is -2.80. The minimum atomic E-state index is 0.290. The molecule has 0 spiro atoms. The van der Waals surface area contributed by atoms with Crippen LogP contribution in [0, 0.1) is 0 Å². The molecule has 0 bridgehead atoms. The molecule has 120 valence electrons. The van der Waals surface area contributed by atoms with Gasteiger partial charge in [0.25, 0.3) is 0 Å². The molecule has 7 nitrogen and oxygen atoms in total. The maximum absolute atomic E-state index is 4.73. The molecule has 0 saturated carbocycles. The first-order chi connectivity index (χ1) is 11.7. The number of nitrogens with one attached hydrogen (secondary N) is 2. The van der Waals surface area contributed by atoms with Crippen LogP contribution in [0.3, 0.4) is 0 Å².